The van der Waals surface area contributed by atoms with Gasteiger partial charge in [-0.2, -0.15) is 14.0 Å². The number of benzene rings is 2. The summed E-state index contributed by atoms with van der Waals surface area (Å²) < 4.78 is 52.3. The summed E-state index contributed by atoms with van der Waals surface area (Å²) in [4.78, 5) is 0. The third-order valence-electron chi connectivity index (χ3n) is 3.07. The zero-order valence-corrected chi connectivity index (χ0v) is 15.0. The van der Waals surface area contributed by atoms with Crippen LogP contribution in [0.25, 0.3) is 0 Å². The first-order valence-electron chi connectivity index (χ1n) is 6.75. The van der Waals surface area contributed by atoms with Crippen molar-refractivity contribution in [2.24, 2.45) is 4.40 Å². The van der Waals surface area contributed by atoms with Gasteiger partial charge in [-0.1, -0.05) is 11.6 Å². The summed E-state index contributed by atoms with van der Waals surface area (Å²) in [5.41, 5.74) is 1.07. The van der Waals surface area contributed by atoms with E-state index in [1.165, 1.54) is 7.11 Å². The quantitative estimate of drug-likeness (QED) is 0.664. The van der Waals surface area contributed by atoms with Crippen LogP contribution in [-0.4, -0.2) is 18.1 Å². The normalized spacial score (nSPS) is 17.2. The van der Waals surface area contributed by atoms with E-state index in [1.54, 1.807) is 48.5 Å². The predicted molar refractivity (Wildman–Crippen MR) is 84.9 cm³/mol. The Labute approximate surface area is 153 Å². The molecular formula is C15H11Cl2NO6S. The van der Waals surface area contributed by atoms with Crippen molar-refractivity contribution >= 4 is 33.5 Å². The number of rotatable bonds is 5. The molecule has 2 aromatic carbocycles. The van der Waals surface area contributed by atoms with Gasteiger partial charge in [-0.25, -0.2) is 0 Å². The van der Waals surface area contributed by atoms with E-state index in [1.807, 2.05) is 0 Å². The third-order valence-corrected chi connectivity index (χ3v) is 5.38. The lowest BCUT2D eigenvalue weighted by atomic mass is 10.2. The summed E-state index contributed by atoms with van der Waals surface area (Å²) in [7, 11) is -4.89. The van der Waals surface area contributed by atoms with Gasteiger partial charge in [-0.15, -0.1) is 4.40 Å². The van der Waals surface area contributed by atoms with Gasteiger partial charge >= 0.3 is 0 Å². The van der Waals surface area contributed by atoms with Crippen LogP contribution in [0.15, 0.2) is 52.9 Å². The summed E-state index contributed by atoms with van der Waals surface area (Å²) in [5.74, 6) is 0.737. The predicted octanol–water partition coefficient (Wildman–Crippen LogP) is 0.316. The van der Waals surface area contributed by atoms with Crippen molar-refractivity contribution < 1.29 is 37.4 Å². The fraction of sp³-hybridized carbons (Fsp3) is 0.0667. The van der Waals surface area contributed by atoms with Gasteiger partial charge in [0.25, 0.3) is 11.0 Å². The van der Waals surface area contributed by atoms with Gasteiger partial charge in [-0.3, -0.25) is 0 Å². The van der Waals surface area contributed by atoms with Crippen LogP contribution in [0.4, 0.5) is 0 Å². The van der Waals surface area contributed by atoms with E-state index in [4.69, 9.17) is 21.1 Å². The van der Waals surface area contributed by atoms with Gasteiger partial charge in [0.2, 0.25) is 10.9 Å². The Kier molecular flexibility index (Phi) is 5.30. The fourth-order valence-electron chi connectivity index (χ4n) is 1.97. The van der Waals surface area contributed by atoms with Crippen LogP contribution in [0.5, 0.6) is 5.75 Å². The minimum atomic E-state index is -4.67. The Bertz CT molecular complexity index is 831. The van der Waals surface area contributed by atoms with Gasteiger partial charge in [0.1, 0.15) is 5.75 Å². The molecule has 25 heavy (non-hydrogen) atoms. The molecule has 1 unspecified atom stereocenters. The lowest BCUT2D eigenvalue weighted by Crippen LogP contribution is -2.60. The molecule has 0 radical (unpaired) electrons. The first-order valence-corrected chi connectivity index (χ1v) is 9.47. The van der Waals surface area contributed by atoms with Crippen molar-refractivity contribution in [2.45, 2.75) is 0 Å². The molecule has 0 aromatic heterocycles. The molecule has 0 bridgehead atoms. The molecule has 0 aliphatic carbocycles. The molecule has 3 rings (SSSR count). The molecule has 2 aromatic rings. The van der Waals surface area contributed by atoms with Crippen molar-refractivity contribution in [3.8, 4) is 5.75 Å². The van der Waals surface area contributed by atoms with E-state index in [0.29, 0.717) is 21.9 Å². The highest BCUT2D eigenvalue weighted by Gasteiger charge is 2.33. The van der Waals surface area contributed by atoms with Gasteiger partial charge in [0.05, 0.1) is 17.4 Å². The molecule has 1 atom stereocenters. The lowest BCUT2D eigenvalue weighted by Gasteiger charge is -2.11. The van der Waals surface area contributed by atoms with Crippen LogP contribution < -0.4 is 18.7 Å². The molecule has 0 spiro atoms. The van der Waals surface area contributed by atoms with E-state index >= 15 is 0 Å². The minimum absolute atomic E-state index is 0.111. The van der Waals surface area contributed by atoms with Gasteiger partial charge in [-0.05, 0) is 48.5 Å². The molecule has 0 saturated carbocycles. The third kappa shape index (κ3) is 4.50. The number of methoxy groups -OCH3 is 1. The van der Waals surface area contributed by atoms with Crippen LogP contribution in [0.1, 0.15) is 11.1 Å². The maximum Gasteiger partial charge on any atom is 0.274 e. The molecule has 0 amide bonds. The van der Waals surface area contributed by atoms with Crippen molar-refractivity contribution in [1.29, 1.82) is 0 Å². The van der Waals surface area contributed by atoms with Gasteiger partial charge in [0.15, 0.2) is 3.74 Å². The van der Waals surface area contributed by atoms with Crippen molar-refractivity contribution in [1.82, 2.24) is 0 Å². The number of hydrogen-bond acceptors (Lipinski definition) is 7. The van der Waals surface area contributed by atoms with Crippen molar-refractivity contribution in [3.63, 3.8) is 0 Å². The molecule has 0 N–H and O–H groups in total. The van der Waals surface area contributed by atoms with Gasteiger partial charge in [0, 0.05) is 16.1 Å². The highest BCUT2D eigenvalue weighted by molar-refractivity contribution is 8.11. The van der Waals surface area contributed by atoms with Crippen LogP contribution in [0.2, 0.25) is 5.02 Å². The Balaban J connectivity index is 1.95. The zero-order valence-electron chi connectivity index (χ0n) is 12.7. The SMILES string of the molecule is COc1ccc(C2=S(O[Cl+3]([O-])([O-])[O-])N=C(c3ccc(Cl)cc3)O2)cc1. The smallest absolute Gasteiger partial charge is 0.274 e. The largest absolute Gasteiger partial charge is 0.497 e. The molecular weight excluding hydrogens is 393 g/mol. The summed E-state index contributed by atoms with van der Waals surface area (Å²) in [6.45, 7) is 0. The Hall–Kier alpha value is -1.65. The van der Waals surface area contributed by atoms with Crippen molar-refractivity contribution in [2.75, 3.05) is 7.11 Å². The second-order valence-electron chi connectivity index (χ2n) is 4.71. The molecule has 0 fully saturated rings. The molecule has 0 saturated heterocycles. The highest BCUT2D eigenvalue weighted by Crippen LogP contribution is 2.33. The van der Waals surface area contributed by atoms with Gasteiger partial charge < -0.3 is 9.47 Å². The van der Waals surface area contributed by atoms with E-state index < -0.39 is 21.2 Å². The topological polar surface area (TPSA) is 109 Å². The minimum Gasteiger partial charge on any atom is -0.497 e. The lowest BCUT2D eigenvalue weighted by molar-refractivity contribution is -1.91. The second kappa shape index (κ2) is 7.30. The first kappa shape index (κ1) is 18.2. The summed E-state index contributed by atoms with van der Waals surface area (Å²) in [5, 5.41) is 0.636. The molecule has 132 valence electrons. The molecule has 1 aliphatic rings. The first-order chi connectivity index (χ1) is 11.9. The van der Waals surface area contributed by atoms with E-state index in [0.717, 1.165) is 0 Å². The second-order valence-corrected chi connectivity index (χ2v) is 7.46. The highest BCUT2D eigenvalue weighted by atomic mass is 35.7. The zero-order chi connectivity index (χ0) is 18.0. The van der Waals surface area contributed by atoms with E-state index in [-0.39, 0.29) is 10.9 Å². The fourth-order valence-corrected chi connectivity index (χ4v) is 3.88. The number of ether oxygens (including phenoxy) is 2. The number of halogens is 2. The average Bonchev–Trinajstić information content (AvgIpc) is 2.97. The monoisotopic (exact) mass is 403 g/mol. The van der Waals surface area contributed by atoms with E-state index in [9.17, 15) is 14.0 Å². The maximum atomic E-state index is 11.0. The molecule has 1 heterocycles. The summed E-state index contributed by atoms with van der Waals surface area (Å²) >= 11 is 5.84. The molecule has 10 heteroatoms. The van der Waals surface area contributed by atoms with Crippen LogP contribution in [0.3, 0.4) is 0 Å². The molecule has 1 aliphatic heterocycles. The van der Waals surface area contributed by atoms with Crippen molar-refractivity contribution in [3.05, 3.63) is 64.7 Å². The van der Waals surface area contributed by atoms with Crippen LogP contribution >= 0.6 is 22.6 Å². The maximum absolute atomic E-state index is 11.0. The van der Waals surface area contributed by atoms with Crippen LogP contribution in [-0.2, 0) is 8.47 Å². The van der Waals surface area contributed by atoms with E-state index in [2.05, 4.69) is 8.13 Å². The van der Waals surface area contributed by atoms with Crippen LogP contribution in [0, 0.1) is 10.2 Å². The number of hydrogen-bond donors (Lipinski definition) is 0. The Morgan fingerprint density at radius 1 is 1.00 bits per heavy atom. The number of nitrogens with zero attached hydrogens (tertiary/aromatic N) is 1. The standard InChI is InChI=1S/C15H11Cl2NO6S/c1-22-13-8-4-11(5-9-13)15-23-14(10-2-6-12(16)7-3-10)18-25(15)24-17(19,20)21/h2-9H,1H3. The molecule has 7 nitrogen and oxygen atoms in total. The summed E-state index contributed by atoms with van der Waals surface area (Å²) in [6, 6.07) is 13.2. The Morgan fingerprint density at radius 3 is 2.16 bits per heavy atom. The Morgan fingerprint density at radius 2 is 1.60 bits per heavy atom. The average molecular weight is 404 g/mol. The summed E-state index contributed by atoms with van der Waals surface area (Å²) in [6.07, 6.45) is 0.